The van der Waals surface area contributed by atoms with Crippen LogP contribution in [0.2, 0.25) is 0 Å². The van der Waals surface area contributed by atoms with E-state index in [1.807, 2.05) is 12.1 Å². The molecule has 2 aromatic rings. The summed E-state index contributed by atoms with van der Waals surface area (Å²) in [5, 5.41) is 12.3. The van der Waals surface area contributed by atoms with E-state index in [1.165, 1.54) is 0 Å². The lowest BCUT2D eigenvalue weighted by molar-refractivity contribution is 0.100. The Bertz CT molecular complexity index is 567. The molecule has 1 amide bonds. The van der Waals surface area contributed by atoms with Crippen LogP contribution in [0.5, 0.6) is 5.75 Å². The quantitative estimate of drug-likeness (QED) is 0.758. The minimum atomic E-state index is -0.500. The molecule has 98 valence electrons. The number of carbonyl (C=O) groups excluding carboxylic acids is 1. The molecule has 5 heteroatoms. The highest BCUT2D eigenvalue weighted by Gasteiger charge is 2.07. The molecular weight excluding hydrogens is 242 g/mol. The fraction of sp³-hybridized carbons (Fsp3) is 0.143. The summed E-state index contributed by atoms with van der Waals surface area (Å²) in [4.78, 5) is 15.3. The number of amides is 1. The lowest BCUT2D eigenvalue weighted by Gasteiger charge is -2.08. The molecule has 1 aromatic heterocycles. The van der Waals surface area contributed by atoms with E-state index in [4.69, 9.17) is 5.73 Å². The van der Waals surface area contributed by atoms with Crippen LogP contribution in [-0.4, -0.2) is 22.5 Å². The number of pyridine rings is 1. The maximum Gasteiger partial charge on any atom is 0.252 e. The smallest absolute Gasteiger partial charge is 0.252 e. The molecule has 0 aliphatic carbocycles. The summed E-state index contributed by atoms with van der Waals surface area (Å²) in [6.45, 7) is 0.627. The second-order valence-corrected chi connectivity index (χ2v) is 4.11. The van der Waals surface area contributed by atoms with Crippen molar-refractivity contribution < 1.29 is 9.90 Å². The molecule has 1 aromatic carbocycles. The van der Waals surface area contributed by atoms with Gasteiger partial charge in [0.15, 0.2) is 0 Å². The number of phenolic OH excluding ortho intramolecular Hbond substituents is 1. The average molecular weight is 257 g/mol. The van der Waals surface area contributed by atoms with Gasteiger partial charge in [0, 0.05) is 12.7 Å². The normalized spacial score (nSPS) is 10.1. The minimum Gasteiger partial charge on any atom is -0.508 e. The second kappa shape index (κ2) is 5.86. The second-order valence-electron chi connectivity index (χ2n) is 4.11. The molecule has 0 aliphatic heterocycles. The number of benzene rings is 1. The summed E-state index contributed by atoms with van der Waals surface area (Å²) < 4.78 is 0. The molecule has 0 bridgehead atoms. The number of nitrogens with one attached hydrogen (secondary N) is 1. The van der Waals surface area contributed by atoms with E-state index in [1.54, 1.807) is 30.5 Å². The Morgan fingerprint density at radius 3 is 2.68 bits per heavy atom. The van der Waals surface area contributed by atoms with E-state index in [9.17, 15) is 9.90 Å². The van der Waals surface area contributed by atoms with Crippen LogP contribution < -0.4 is 11.1 Å². The van der Waals surface area contributed by atoms with Gasteiger partial charge in [0.2, 0.25) is 0 Å². The first-order valence-corrected chi connectivity index (χ1v) is 5.93. The Labute approximate surface area is 111 Å². The molecule has 0 aliphatic rings. The molecule has 0 unspecified atom stereocenters. The molecule has 0 radical (unpaired) electrons. The van der Waals surface area contributed by atoms with E-state index < -0.39 is 5.91 Å². The predicted molar refractivity (Wildman–Crippen MR) is 73.1 cm³/mol. The third-order valence-electron chi connectivity index (χ3n) is 2.72. The number of carbonyl (C=O) groups is 1. The zero-order valence-electron chi connectivity index (χ0n) is 10.3. The molecule has 4 N–H and O–H groups in total. The summed E-state index contributed by atoms with van der Waals surface area (Å²) in [7, 11) is 0. The van der Waals surface area contributed by atoms with Crippen LogP contribution in [0.1, 0.15) is 15.9 Å². The molecule has 0 spiro atoms. The van der Waals surface area contributed by atoms with Crippen molar-refractivity contribution in [3.63, 3.8) is 0 Å². The number of nitrogens with zero attached hydrogens (tertiary/aromatic N) is 1. The molecular formula is C14H15N3O2. The van der Waals surface area contributed by atoms with Gasteiger partial charge < -0.3 is 16.2 Å². The van der Waals surface area contributed by atoms with Gasteiger partial charge in [0.1, 0.15) is 11.6 Å². The summed E-state index contributed by atoms with van der Waals surface area (Å²) in [6, 6.07) is 10.3. The van der Waals surface area contributed by atoms with E-state index in [2.05, 4.69) is 10.3 Å². The molecule has 19 heavy (non-hydrogen) atoms. The lowest BCUT2D eigenvalue weighted by atomic mass is 10.1. The van der Waals surface area contributed by atoms with E-state index >= 15 is 0 Å². The number of aromatic hydroxyl groups is 1. The van der Waals surface area contributed by atoms with Gasteiger partial charge in [0.25, 0.3) is 5.91 Å². The largest absolute Gasteiger partial charge is 0.508 e. The number of anilines is 1. The van der Waals surface area contributed by atoms with Gasteiger partial charge in [0.05, 0.1) is 5.56 Å². The standard InChI is InChI=1S/C14H15N3O2/c15-13(19)12-2-1-8-16-14(12)17-9-7-10-3-5-11(18)6-4-10/h1-6,8,18H,7,9H2,(H2,15,19)(H,16,17). The van der Waals surface area contributed by atoms with Crippen molar-refractivity contribution in [3.05, 3.63) is 53.7 Å². The van der Waals surface area contributed by atoms with Crippen LogP contribution in [-0.2, 0) is 6.42 Å². The van der Waals surface area contributed by atoms with Crippen LogP contribution >= 0.6 is 0 Å². The summed E-state index contributed by atoms with van der Waals surface area (Å²) in [5.41, 5.74) is 6.73. The van der Waals surface area contributed by atoms with Gasteiger partial charge in [-0.15, -0.1) is 0 Å². The molecule has 0 atom stereocenters. The predicted octanol–water partition coefficient (Wildman–Crippen LogP) is 1.54. The number of rotatable bonds is 5. The van der Waals surface area contributed by atoms with Crippen molar-refractivity contribution in [1.29, 1.82) is 0 Å². The molecule has 5 nitrogen and oxygen atoms in total. The number of hydrogen-bond acceptors (Lipinski definition) is 4. The first-order chi connectivity index (χ1) is 9.16. The molecule has 0 saturated heterocycles. The van der Waals surface area contributed by atoms with Crippen LogP contribution in [0.4, 0.5) is 5.82 Å². The van der Waals surface area contributed by atoms with Crippen molar-refractivity contribution in [2.75, 3.05) is 11.9 Å². The number of phenols is 1. The van der Waals surface area contributed by atoms with Crippen LogP contribution in [0, 0.1) is 0 Å². The van der Waals surface area contributed by atoms with Crippen LogP contribution in [0.3, 0.4) is 0 Å². The SMILES string of the molecule is NC(=O)c1cccnc1NCCc1ccc(O)cc1. The van der Waals surface area contributed by atoms with Gasteiger partial charge in [-0.1, -0.05) is 12.1 Å². The summed E-state index contributed by atoms with van der Waals surface area (Å²) in [5.74, 6) is 0.242. The number of hydrogen-bond donors (Lipinski definition) is 3. The topological polar surface area (TPSA) is 88.2 Å². The van der Waals surface area contributed by atoms with Crippen molar-refractivity contribution >= 4 is 11.7 Å². The summed E-state index contributed by atoms with van der Waals surface area (Å²) >= 11 is 0. The zero-order chi connectivity index (χ0) is 13.7. The maximum atomic E-state index is 11.2. The average Bonchev–Trinajstić information content (AvgIpc) is 2.41. The Hall–Kier alpha value is -2.56. The molecule has 0 saturated carbocycles. The van der Waals surface area contributed by atoms with Gasteiger partial charge in [-0.3, -0.25) is 4.79 Å². The Balaban J connectivity index is 1.96. The Morgan fingerprint density at radius 1 is 1.26 bits per heavy atom. The van der Waals surface area contributed by atoms with Crippen molar-refractivity contribution in [2.24, 2.45) is 5.73 Å². The first-order valence-electron chi connectivity index (χ1n) is 5.93. The number of nitrogens with two attached hydrogens (primary N) is 1. The van der Waals surface area contributed by atoms with Crippen LogP contribution in [0.25, 0.3) is 0 Å². The van der Waals surface area contributed by atoms with Crippen molar-refractivity contribution in [2.45, 2.75) is 6.42 Å². The van der Waals surface area contributed by atoms with Gasteiger partial charge in [-0.2, -0.15) is 0 Å². The Kier molecular flexibility index (Phi) is 3.97. The lowest BCUT2D eigenvalue weighted by Crippen LogP contribution is -2.16. The highest BCUT2D eigenvalue weighted by atomic mass is 16.3. The monoisotopic (exact) mass is 257 g/mol. The summed E-state index contributed by atoms with van der Waals surface area (Å²) in [6.07, 6.45) is 2.37. The first kappa shape index (κ1) is 12.9. The van der Waals surface area contributed by atoms with Gasteiger partial charge >= 0.3 is 0 Å². The number of aromatic nitrogens is 1. The minimum absolute atomic E-state index is 0.248. The Morgan fingerprint density at radius 2 is 2.00 bits per heavy atom. The van der Waals surface area contributed by atoms with Crippen LogP contribution in [0.15, 0.2) is 42.6 Å². The highest BCUT2D eigenvalue weighted by Crippen LogP contribution is 2.12. The molecule has 1 heterocycles. The van der Waals surface area contributed by atoms with Crippen molar-refractivity contribution in [1.82, 2.24) is 4.98 Å². The number of primary amides is 1. The molecule has 2 rings (SSSR count). The molecule has 0 fully saturated rings. The zero-order valence-corrected chi connectivity index (χ0v) is 10.3. The maximum absolute atomic E-state index is 11.2. The van der Waals surface area contributed by atoms with Crippen molar-refractivity contribution in [3.8, 4) is 5.75 Å². The fourth-order valence-electron chi connectivity index (χ4n) is 1.73. The fourth-order valence-corrected chi connectivity index (χ4v) is 1.73. The van der Waals surface area contributed by atoms with E-state index in [-0.39, 0.29) is 5.75 Å². The third-order valence-corrected chi connectivity index (χ3v) is 2.72. The van der Waals surface area contributed by atoms with Gasteiger partial charge in [-0.05, 0) is 36.2 Å². The van der Waals surface area contributed by atoms with Gasteiger partial charge in [-0.25, -0.2) is 4.98 Å². The van der Waals surface area contributed by atoms with E-state index in [0.29, 0.717) is 17.9 Å². The highest BCUT2D eigenvalue weighted by molar-refractivity contribution is 5.97. The van der Waals surface area contributed by atoms with E-state index in [0.717, 1.165) is 12.0 Å². The third kappa shape index (κ3) is 3.45.